The van der Waals surface area contributed by atoms with Gasteiger partial charge in [-0.1, -0.05) is 69.6 Å². The summed E-state index contributed by atoms with van der Waals surface area (Å²) in [5.74, 6) is -5.38. The number of rotatable bonds is 5. The molecule has 38 heavy (non-hydrogen) atoms. The summed E-state index contributed by atoms with van der Waals surface area (Å²) in [7, 11) is 0. The maximum absolute atomic E-state index is 13.4. The van der Waals surface area contributed by atoms with Gasteiger partial charge in [-0.15, -0.1) is 23.2 Å². The Morgan fingerprint density at radius 3 is 1.84 bits per heavy atom. The molecular formula is C24H11Cl8NO5. The number of fused-ring (bicyclic) bond motifs is 5. The van der Waals surface area contributed by atoms with Crippen molar-refractivity contribution in [2.24, 2.45) is 11.8 Å². The third kappa shape index (κ3) is 3.61. The van der Waals surface area contributed by atoms with E-state index < -0.39 is 56.1 Å². The summed E-state index contributed by atoms with van der Waals surface area (Å²) in [6, 6.07) is 9.64. The van der Waals surface area contributed by atoms with Gasteiger partial charge in [-0.3, -0.25) is 14.4 Å². The molecule has 6 nitrogen and oxygen atoms in total. The van der Waals surface area contributed by atoms with E-state index >= 15 is 0 Å². The lowest BCUT2D eigenvalue weighted by Crippen LogP contribution is -2.50. The Hall–Kier alpha value is -1.22. The predicted molar refractivity (Wildman–Crippen MR) is 147 cm³/mol. The number of ketones is 1. The fourth-order valence-electron chi connectivity index (χ4n) is 5.00. The molecule has 14 heteroatoms. The Balaban J connectivity index is 1.34. The van der Waals surface area contributed by atoms with Crippen LogP contribution in [0.2, 0.25) is 10.0 Å². The van der Waals surface area contributed by atoms with Crippen molar-refractivity contribution < 1.29 is 23.9 Å². The van der Waals surface area contributed by atoms with Crippen molar-refractivity contribution in [2.45, 2.75) is 14.1 Å². The fraction of sp³-hybridized carbons (Fsp3) is 0.250. The van der Waals surface area contributed by atoms with Crippen molar-refractivity contribution in [1.29, 1.82) is 0 Å². The van der Waals surface area contributed by atoms with Gasteiger partial charge in [-0.2, -0.15) is 0 Å². The molecule has 1 saturated carbocycles. The molecule has 0 radical (unpaired) electrons. The first-order valence-corrected chi connectivity index (χ1v) is 13.7. The number of halogens is 8. The first-order valence-electron chi connectivity index (χ1n) is 10.6. The van der Waals surface area contributed by atoms with Gasteiger partial charge in [0, 0.05) is 10.6 Å². The van der Waals surface area contributed by atoms with Crippen molar-refractivity contribution in [3.05, 3.63) is 73.7 Å². The molecule has 2 fully saturated rings. The smallest absolute Gasteiger partial charge is 0.338 e. The van der Waals surface area contributed by atoms with Crippen LogP contribution in [0.4, 0.5) is 5.69 Å². The molecule has 0 N–H and O–H groups in total. The van der Waals surface area contributed by atoms with Crippen LogP contribution in [0.5, 0.6) is 0 Å². The molecule has 0 spiro atoms. The molecule has 1 aliphatic heterocycles. The van der Waals surface area contributed by atoms with Crippen LogP contribution >= 0.6 is 92.8 Å². The van der Waals surface area contributed by atoms with Crippen LogP contribution in [-0.2, 0) is 14.3 Å². The van der Waals surface area contributed by atoms with Gasteiger partial charge in [0.15, 0.2) is 10.9 Å². The molecular weight excluding hydrogens is 666 g/mol. The van der Waals surface area contributed by atoms with E-state index in [1.165, 1.54) is 42.5 Å². The molecule has 0 unspecified atom stereocenters. The van der Waals surface area contributed by atoms with Crippen molar-refractivity contribution in [3.63, 3.8) is 0 Å². The SMILES string of the molecule is O=C(OCC(=O)c1ccc(Cl)cc1Cl)c1ccc(N2C(=O)[C@@H]3[C@H](C2=O)[C@]2(Cl)C(Cl)=C(Cl)[C@]3(Cl)C2(Cl)Cl)cc1. The minimum absolute atomic E-state index is 0.0547. The number of carbonyl (C=O) groups is 4. The standard InChI is InChI=1S/C24H11Cl8NO5/c25-10-3-6-12(13(26)7-10)14(34)8-38-21(37)9-1-4-11(5-2-9)33-19(35)15-16(20(33)36)23(30)18(28)17(27)22(15,29)24(23,31)32/h1-7,15-16H,8H2/t15-,16+,22-,23-/m0/s1. The number of benzene rings is 2. The first-order chi connectivity index (χ1) is 17.7. The van der Waals surface area contributed by atoms with Crippen LogP contribution in [0.25, 0.3) is 0 Å². The summed E-state index contributed by atoms with van der Waals surface area (Å²) < 4.78 is 3.04. The second-order valence-corrected chi connectivity index (χ2v) is 12.9. The fourth-order valence-corrected chi connectivity index (χ4v) is 8.45. The van der Waals surface area contributed by atoms with Crippen molar-refractivity contribution in [2.75, 3.05) is 11.5 Å². The summed E-state index contributed by atoms with van der Waals surface area (Å²) in [5, 5.41) is 0.0801. The molecule has 2 aromatic rings. The van der Waals surface area contributed by atoms with Gasteiger partial charge in [0.25, 0.3) is 0 Å². The number of nitrogens with zero attached hydrogens (tertiary/aromatic N) is 1. The number of alkyl halides is 4. The maximum Gasteiger partial charge on any atom is 0.338 e. The largest absolute Gasteiger partial charge is 0.454 e. The molecule has 3 aliphatic rings. The van der Waals surface area contributed by atoms with Gasteiger partial charge in [0.05, 0.1) is 38.2 Å². The zero-order valence-electron chi connectivity index (χ0n) is 18.4. The number of hydrogen-bond donors (Lipinski definition) is 0. The van der Waals surface area contributed by atoms with Crippen molar-refractivity contribution in [1.82, 2.24) is 0 Å². The number of allylic oxidation sites excluding steroid dienone is 2. The lowest BCUT2D eigenvalue weighted by molar-refractivity contribution is -0.123. The Morgan fingerprint density at radius 1 is 0.816 bits per heavy atom. The minimum atomic E-state index is -2.04. The van der Waals surface area contributed by atoms with E-state index in [1.54, 1.807) is 0 Å². The predicted octanol–water partition coefficient (Wildman–Crippen LogP) is 6.98. The summed E-state index contributed by atoms with van der Waals surface area (Å²) in [6.45, 7) is -0.572. The third-order valence-electron chi connectivity index (χ3n) is 6.84. The van der Waals surface area contributed by atoms with E-state index in [-0.39, 0.29) is 31.9 Å². The molecule has 5 rings (SSSR count). The number of Topliss-reactive ketones (excluding diaryl/α,β-unsaturated/α-hetero) is 1. The second kappa shape index (κ2) is 9.42. The number of hydrogen-bond acceptors (Lipinski definition) is 5. The lowest BCUT2D eigenvalue weighted by atomic mass is 9.84. The van der Waals surface area contributed by atoms with Crippen LogP contribution in [0.3, 0.4) is 0 Å². The third-order valence-corrected chi connectivity index (χ3v) is 11.6. The minimum Gasteiger partial charge on any atom is -0.454 e. The summed E-state index contributed by atoms with van der Waals surface area (Å²) >= 11 is 50.8. The zero-order chi connectivity index (χ0) is 27.9. The van der Waals surface area contributed by atoms with Crippen molar-refractivity contribution in [3.8, 4) is 0 Å². The molecule has 2 bridgehead atoms. The Labute approximate surface area is 255 Å². The maximum atomic E-state index is 13.4. The van der Waals surface area contributed by atoms with Gasteiger partial charge < -0.3 is 4.74 Å². The van der Waals surface area contributed by atoms with Crippen molar-refractivity contribution >= 4 is 122 Å². The zero-order valence-corrected chi connectivity index (χ0v) is 24.5. The number of ether oxygens (including phenoxy) is 1. The van der Waals surface area contributed by atoms with Gasteiger partial charge in [0.2, 0.25) is 17.6 Å². The van der Waals surface area contributed by atoms with Gasteiger partial charge in [-0.25, -0.2) is 9.69 Å². The Morgan fingerprint density at radius 2 is 1.34 bits per heavy atom. The van der Waals surface area contributed by atoms with E-state index in [0.717, 1.165) is 4.90 Å². The van der Waals surface area contributed by atoms with E-state index in [1.807, 2.05) is 0 Å². The molecule has 2 amide bonds. The van der Waals surface area contributed by atoms with Crippen LogP contribution in [0, 0.1) is 11.8 Å². The van der Waals surface area contributed by atoms with Crippen LogP contribution in [0.1, 0.15) is 20.7 Å². The van der Waals surface area contributed by atoms with E-state index in [0.29, 0.717) is 5.02 Å². The Bertz CT molecular complexity index is 1430. The van der Waals surface area contributed by atoms with E-state index in [9.17, 15) is 19.2 Å². The molecule has 2 aromatic carbocycles. The van der Waals surface area contributed by atoms with Crippen LogP contribution < -0.4 is 4.90 Å². The first kappa shape index (κ1) is 28.3. The summed E-state index contributed by atoms with van der Waals surface area (Å²) in [6.07, 6.45) is 0. The van der Waals surface area contributed by atoms with Crippen LogP contribution in [-0.4, -0.2) is 44.3 Å². The molecule has 1 heterocycles. The average Bonchev–Trinajstić information content (AvgIpc) is 3.25. The highest BCUT2D eigenvalue weighted by Gasteiger charge is 2.87. The summed E-state index contributed by atoms with van der Waals surface area (Å²) in [4.78, 5) is 48.7. The Kier molecular flexibility index (Phi) is 7.02. The highest BCUT2D eigenvalue weighted by atomic mass is 35.5. The van der Waals surface area contributed by atoms with Gasteiger partial charge in [0.1, 0.15) is 9.75 Å². The average molecular weight is 677 g/mol. The number of carbonyl (C=O) groups excluding carboxylic acids is 4. The summed E-state index contributed by atoms with van der Waals surface area (Å²) in [5.41, 5.74) is 0.322. The lowest BCUT2D eigenvalue weighted by Gasteiger charge is -2.34. The highest BCUT2D eigenvalue weighted by Crippen LogP contribution is 2.77. The normalized spacial score (nSPS) is 29.2. The number of anilines is 1. The second-order valence-electron chi connectivity index (χ2n) is 8.76. The number of imide groups is 1. The van der Waals surface area contributed by atoms with Crippen LogP contribution in [0.15, 0.2) is 52.5 Å². The quantitative estimate of drug-likeness (QED) is 0.148. The van der Waals surface area contributed by atoms with Gasteiger partial charge in [-0.05, 0) is 42.5 Å². The highest BCUT2D eigenvalue weighted by molar-refractivity contribution is 6.67. The van der Waals surface area contributed by atoms with E-state index in [4.69, 9.17) is 97.5 Å². The van der Waals surface area contributed by atoms with E-state index in [2.05, 4.69) is 0 Å². The number of esters is 1. The van der Waals surface area contributed by atoms with Gasteiger partial charge >= 0.3 is 5.97 Å². The molecule has 0 aromatic heterocycles. The number of amides is 2. The molecule has 2 aliphatic carbocycles. The molecule has 198 valence electrons. The monoisotopic (exact) mass is 673 g/mol. The molecule has 4 atom stereocenters. The molecule has 1 saturated heterocycles. The topological polar surface area (TPSA) is 80.8 Å².